The van der Waals surface area contributed by atoms with E-state index in [1.54, 1.807) is 13.2 Å². The van der Waals surface area contributed by atoms with Gasteiger partial charge >= 0.3 is 0 Å². The lowest BCUT2D eigenvalue weighted by Crippen LogP contribution is -2.18. The van der Waals surface area contributed by atoms with Crippen molar-refractivity contribution in [2.75, 3.05) is 25.6 Å². The molecular weight excluding hydrogens is 259 g/mol. The first-order valence-electron chi connectivity index (χ1n) is 6.58. The predicted octanol–water partition coefficient (Wildman–Crippen LogP) is 2.49. The molecule has 1 aromatic heterocycles. The maximum Gasteiger partial charge on any atom is 0.124 e. The average Bonchev–Trinajstić information content (AvgIpc) is 2.39. The van der Waals surface area contributed by atoms with Crippen molar-refractivity contribution in [3.8, 4) is 0 Å². The van der Waals surface area contributed by atoms with Crippen molar-refractivity contribution in [1.82, 2.24) is 4.98 Å². The normalized spacial score (nSPS) is 12.6. The number of rotatable bonds is 6. The summed E-state index contributed by atoms with van der Waals surface area (Å²) in [4.78, 5) is 4.37. The number of methoxy groups -OCH3 is 1. The molecule has 0 radical (unpaired) electrons. The highest BCUT2D eigenvalue weighted by atomic mass is 19.1. The summed E-state index contributed by atoms with van der Waals surface area (Å²) in [5.74, 6) is -0.286. The highest BCUT2D eigenvalue weighted by molar-refractivity contribution is 5.91. The van der Waals surface area contributed by atoms with E-state index < -0.39 is 6.10 Å². The molecule has 2 N–H and O–H groups in total. The number of aliphatic hydroxyl groups excluding tert-OH is 1. The first-order valence-corrected chi connectivity index (χ1v) is 6.58. The first-order chi connectivity index (χ1) is 9.60. The van der Waals surface area contributed by atoms with E-state index in [1.807, 2.05) is 13.0 Å². The van der Waals surface area contributed by atoms with Crippen LogP contribution in [0.15, 0.2) is 24.3 Å². The second-order valence-corrected chi connectivity index (χ2v) is 4.80. The Hall–Kier alpha value is -1.72. The topological polar surface area (TPSA) is 54.4 Å². The summed E-state index contributed by atoms with van der Waals surface area (Å²) in [5, 5.41) is 13.6. The number of benzene rings is 1. The van der Waals surface area contributed by atoms with Gasteiger partial charge in [-0.05, 0) is 37.6 Å². The third kappa shape index (κ3) is 3.65. The van der Waals surface area contributed by atoms with Gasteiger partial charge in [0.05, 0.1) is 18.2 Å². The molecule has 1 heterocycles. The molecule has 0 aliphatic carbocycles. The molecule has 0 aliphatic heterocycles. The molecule has 2 aromatic rings. The molecule has 0 saturated carbocycles. The van der Waals surface area contributed by atoms with Gasteiger partial charge in [0.15, 0.2) is 0 Å². The van der Waals surface area contributed by atoms with Crippen LogP contribution in [0.4, 0.5) is 10.1 Å². The van der Waals surface area contributed by atoms with E-state index in [0.29, 0.717) is 19.6 Å². The molecule has 5 heteroatoms. The van der Waals surface area contributed by atoms with Gasteiger partial charge in [-0.15, -0.1) is 0 Å². The van der Waals surface area contributed by atoms with Crippen LogP contribution in [0.1, 0.15) is 12.1 Å². The summed E-state index contributed by atoms with van der Waals surface area (Å²) in [6.07, 6.45) is 0.0601. The molecule has 0 amide bonds. The van der Waals surface area contributed by atoms with E-state index in [0.717, 1.165) is 22.3 Å². The van der Waals surface area contributed by atoms with Crippen molar-refractivity contribution in [3.05, 3.63) is 35.8 Å². The fourth-order valence-electron chi connectivity index (χ4n) is 2.13. The molecule has 0 fully saturated rings. The van der Waals surface area contributed by atoms with Gasteiger partial charge < -0.3 is 15.2 Å². The number of anilines is 1. The SMILES string of the molecule is COCC(O)CCNc1cc(C)nc2ccc(F)cc12. The standard InChI is InChI=1S/C15H19FN2O2/c1-10-7-15(17-6-5-12(19)9-20-2)13-8-11(16)3-4-14(13)18-10/h3-4,7-8,12,19H,5-6,9H2,1-2H3,(H,17,18). The summed E-state index contributed by atoms with van der Waals surface area (Å²) in [5.41, 5.74) is 2.45. The third-order valence-corrected chi connectivity index (χ3v) is 3.05. The molecule has 1 atom stereocenters. The first kappa shape index (κ1) is 14.7. The van der Waals surface area contributed by atoms with E-state index in [2.05, 4.69) is 10.3 Å². The van der Waals surface area contributed by atoms with E-state index in [-0.39, 0.29) is 5.82 Å². The van der Waals surface area contributed by atoms with E-state index in [4.69, 9.17) is 4.74 Å². The zero-order chi connectivity index (χ0) is 14.5. The van der Waals surface area contributed by atoms with Crippen LogP contribution < -0.4 is 5.32 Å². The summed E-state index contributed by atoms with van der Waals surface area (Å²) in [6, 6.07) is 6.42. The fourth-order valence-corrected chi connectivity index (χ4v) is 2.13. The van der Waals surface area contributed by atoms with Crippen LogP contribution in [-0.2, 0) is 4.74 Å². The van der Waals surface area contributed by atoms with Gasteiger partial charge in [-0.25, -0.2) is 4.39 Å². The average molecular weight is 278 g/mol. The highest BCUT2D eigenvalue weighted by Gasteiger charge is 2.07. The molecule has 0 bridgehead atoms. The number of hydrogen-bond acceptors (Lipinski definition) is 4. The van der Waals surface area contributed by atoms with Crippen molar-refractivity contribution in [2.45, 2.75) is 19.4 Å². The molecule has 1 unspecified atom stereocenters. The smallest absolute Gasteiger partial charge is 0.124 e. The maximum absolute atomic E-state index is 13.4. The number of nitrogens with one attached hydrogen (secondary N) is 1. The number of halogens is 1. The van der Waals surface area contributed by atoms with Crippen LogP contribution in [-0.4, -0.2) is 36.5 Å². The third-order valence-electron chi connectivity index (χ3n) is 3.05. The second-order valence-electron chi connectivity index (χ2n) is 4.80. The Kier molecular flexibility index (Phi) is 4.87. The number of hydrogen-bond donors (Lipinski definition) is 2. The van der Waals surface area contributed by atoms with E-state index in [9.17, 15) is 9.50 Å². The summed E-state index contributed by atoms with van der Waals surface area (Å²) in [7, 11) is 1.55. The molecule has 1 aromatic carbocycles. The van der Waals surface area contributed by atoms with Crippen LogP contribution in [0.5, 0.6) is 0 Å². The van der Waals surface area contributed by atoms with Gasteiger partial charge in [-0.1, -0.05) is 0 Å². The number of aromatic nitrogens is 1. The summed E-state index contributed by atoms with van der Waals surface area (Å²) >= 11 is 0. The molecular formula is C15H19FN2O2. The van der Waals surface area contributed by atoms with Crippen LogP contribution >= 0.6 is 0 Å². The van der Waals surface area contributed by atoms with Gasteiger partial charge in [0, 0.05) is 30.4 Å². The van der Waals surface area contributed by atoms with Crippen LogP contribution in [0.2, 0.25) is 0 Å². The van der Waals surface area contributed by atoms with Crippen molar-refractivity contribution >= 4 is 16.6 Å². The van der Waals surface area contributed by atoms with Crippen molar-refractivity contribution < 1.29 is 14.2 Å². The van der Waals surface area contributed by atoms with Crippen molar-refractivity contribution in [2.24, 2.45) is 0 Å². The largest absolute Gasteiger partial charge is 0.391 e. The van der Waals surface area contributed by atoms with Crippen LogP contribution in [0.25, 0.3) is 10.9 Å². The minimum atomic E-state index is -0.501. The van der Waals surface area contributed by atoms with Crippen LogP contribution in [0, 0.1) is 12.7 Å². The Morgan fingerprint density at radius 2 is 2.20 bits per heavy atom. The Balaban J connectivity index is 2.14. The number of pyridine rings is 1. The number of nitrogens with zero attached hydrogens (tertiary/aromatic N) is 1. The number of ether oxygens (including phenoxy) is 1. The zero-order valence-corrected chi connectivity index (χ0v) is 11.7. The van der Waals surface area contributed by atoms with Gasteiger partial charge in [0.25, 0.3) is 0 Å². The Morgan fingerprint density at radius 1 is 1.40 bits per heavy atom. The van der Waals surface area contributed by atoms with Gasteiger partial charge in [-0.3, -0.25) is 4.98 Å². The molecule has 108 valence electrons. The van der Waals surface area contributed by atoms with Crippen molar-refractivity contribution in [1.29, 1.82) is 0 Å². The monoisotopic (exact) mass is 278 g/mol. The van der Waals surface area contributed by atoms with Crippen molar-refractivity contribution in [3.63, 3.8) is 0 Å². The molecule has 0 spiro atoms. The number of aryl methyl sites for hydroxylation is 1. The zero-order valence-electron chi connectivity index (χ0n) is 11.7. The minimum Gasteiger partial charge on any atom is -0.391 e. The Morgan fingerprint density at radius 3 is 2.95 bits per heavy atom. The maximum atomic E-state index is 13.4. The minimum absolute atomic E-state index is 0.286. The van der Waals surface area contributed by atoms with E-state index >= 15 is 0 Å². The lowest BCUT2D eigenvalue weighted by Gasteiger charge is -2.13. The number of fused-ring (bicyclic) bond motifs is 1. The molecule has 20 heavy (non-hydrogen) atoms. The van der Waals surface area contributed by atoms with Crippen LogP contribution in [0.3, 0.4) is 0 Å². The predicted molar refractivity (Wildman–Crippen MR) is 77.4 cm³/mol. The summed E-state index contributed by atoms with van der Waals surface area (Å²) in [6.45, 7) is 2.79. The Labute approximate surface area is 117 Å². The van der Waals surface area contributed by atoms with Gasteiger partial charge in [0.2, 0.25) is 0 Å². The lowest BCUT2D eigenvalue weighted by molar-refractivity contribution is 0.0615. The highest BCUT2D eigenvalue weighted by Crippen LogP contribution is 2.24. The molecule has 0 aliphatic rings. The fraction of sp³-hybridized carbons (Fsp3) is 0.400. The van der Waals surface area contributed by atoms with E-state index in [1.165, 1.54) is 12.1 Å². The quantitative estimate of drug-likeness (QED) is 0.852. The molecule has 0 saturated heterocycles. The molecule has 2 rings (SSSR count). The lowest BCUT2D eigenvalue weighted by atomic mass is 10.1. The Bertz CT molecular complexity index is 589. The van der Waals surface area contributed by atoms with Gasteiger partial charge in [0.1, 0.15) is 5.82 Å². The molecule has 4 nitrogen and oxygen atoms in total. The number of aliphatic hydroxyl groups is 1. The summed E-state index contributed by atoms with van der Waals surface area (Å²) < 4.78 is 18.2. The second kappa shape index (κ2) is 6.63. The van der Waals surface area contributed by atoms with Gasteiger partial charge in [-0.2, -0.15) is 0 Å².